The number of aliphatic hydroxyl groups is 1. The van der Waals surface area contributed by atoms with Gasteiger partial charge in [0.05, 0.1) is 23.6 Å². The Bertz CT molecular complexity index is 762. The normalized spacial score (nSPS) is 14.4. The van der Waals surface area contributed by atoms with Crippen LogP contribution in [0.3, 0.4) is 0 Å². The van der Waals surface area contributed by atoms with Gasteiger partial charge in [0.25, 0.3) is 0 Å². The maximum Gasteiger partial charge on any atom is 0.418 e. The molecule has 0 saturated heterocycles. The second-order valence-corrected chi connectivity index (χ2v) is 5.71. The molecule has 25 heavy (non-hydrogen) atoms. The number of aliphatic hydroxyl groups excluding tert-OH is 1. The van der Waals surface area contributed by atoms with Crippen molar-refractivity contribution >= 4 is 17.5 Å². The summed E-state index contributed by atoms with van der Waals surface area (Å²) in [7, 11) is 0. The number of halogens is 4. The molecular formula is C16H16F4N4O. The van der Waals surface area contributed by atoms with E-state index in [0.29, 0.717) is 5.69 Å². The van der Waals surface area contributed by atoms with Gasteiger partial charge in [-0.3, -0.25) is 0 Å². The number of benzene rings is 1. The first-order valence-corrected chi connectivity index (χ1v) is 7.75. The van der Waals surface area contributed by atoms with Crippen LogP contribution in [0.5, 0.6) is 0 Å². The number of nitrogens with zero attached hydrogens (tertiary/aromatic N) is 2. The first-order valence-electron chi connectivity index (χ1n) is 7.75. The van der Waals surface area contributed by atoms with E-state index in [1.165, 1.54) is 6.07 Å². The molecule has 1 aliphatic carbocycles. The van der Waals surface area contributed by atoms with Crippen molar-refractivity contribution in [3.8, 4) is 0 Å². The number of aromatic nitrogens is 2. The summed E-state index contributed by atoms with van der Waals surface area (Å²) in [5, 5.41) is 14.1. The number of nitrogens with one attached hydrogen (secondary N) is 2. The van der Waals surface area contributed by atoms with Crippen molar-refractivity contribution in [3.05, 3.63) is 41.3 Å². The average molecular weight is 356 g/mol. The zero-order valence-electron chi connectivity index (χ0n) is 13.1. The number of hydrogen-bond donors (Lipinski definition) is 3. The molecule has 0 aliphatic heterocycles. The van der Waals surface area contributed by atoms with Gasteiger partial charge in [-0.1, -0.05) is 6.07 Å². The van der Waals surface area contributed by atoms with Crippen LogP contribution < -0.4 is 10.6 Å². The van der Waals surface area contributed by atoms with Crippen LogP contribution in [0.4, 0.5) is 35.0 Å². The lowest BCUT2D eigenvalue weighted by Gasteiger charge is -2.16. The van der Waals surface area contributed by atoms with Gasteiger partial charge in [0.1, 0.15) is 11.6 Å². The molecule has 0 bridgehead atoms. The first-order chi connectivity index (χ1) is 11.9. The maximum absolute atomic E-state index is 14.0. The monoisotopic (exact) mass is 356 g/mol. The fourth-order valence-electron chi connectivity index (χ4n) is 2.38. The molecule has 1 fully saturated rings. The van der Waals surface area contributed by atoms with E-state index < -0.39 is 23.2 Å². The topological polar surface area (TPSA) is 70.1 Å². The van der Waals surface area contributed by atoms with Crippen LogP contribution in [-0.2, 0) is 6.18 Å². The number of hydrogen-bond acceptors (Lipinski definition) is 5. The summed E-state index contributed by atoms with van der Waals surface area (Å²) in [5.74, 6) is -0.564. The molecule has 1 heterocycles. The molecule has 5 nitrogen and oxygen atoms in total. The maximum atomic E-state index is 14.0. The first kappa shape index (κ1) is 17.4. The molecular weight excluding hydrogens is 340 g/mol. The molecule has 0 amide bonds. The highest BCUT2D eigenvalue weighted by atomic mass is 19.4. The predicted octanol–water partition coefficient (Wildman–Crippen LogP) is 3.66. The van der Waals surface area contributed by atoms with Gasteiger partial charge in [0.2, 0.25) is 5.95 Å². The molecule has 3 rings (SSSR count). The van der Waals surface area contributed by atoms with Gasteiger partial charge in [-0.2, -0.15) is 18.2 Å². The number of para-hydroxylation sites is 1. The van der Waals surface area contributed by atoms with Crippen molar-refractivity contribution in [1.29, 1.82) is 0 Å². The molecule has 2 aromatic rings. The van der Waals surface area contributed by atoms with E-state index in [-0.39, 0.29) is 30.8 Å². The van der Waals surface area contributed by atoms with E-state index in [9.17, 15) is 17.6 Å². The van der Waals surface area contributed by atoms with Crippen molar-refractivity contribution in [1.82, 2.24) is 9.97 Å². The summed E-state index contributed by atoms with van der Waals surface area (Å²) in [5.41, 5.74) is -1.12. The van der Waals surface area contributed by atoms with E-state index in [0.717, 1.165) is 31.0 Å². The van der Waals surface area contributed by atoms with Crippen LogP contribution in [0, 0.1) is 5.82 Å². The highest BCUT2D eigenvalue weighted by Gasteiger charge is 2.35. The minimum absolute atomic E-state index is 0.0629. The van der Waals surface area contributed by atoms with Crippen molar-refractivity contribution in [2.75, 3.05) is 23.8 Å². The SMILES string of the molecule is OCCNc1nc(Nc2c(F)cccc2C(F)(F)F)cc(C2CC2)n1. The molecule has 0 spiro atoms. The van der Waals surface area contributed by atoms with Crippen molar-refractivity contribution in [2.45, 2.75) is 24.9 Å². The van der Waals surface area contributed by atoms with Gasteiger partial charge in [-0.05, 0) is 25.0 Å². The molecule has 1 saturated carbocycles. The molecule has 134 valence electrons. The van der Waals surface area contributed by atoms with Crippen LogP contribution in [0.25, 0.3) is 0 Å². The minimum Gasteiger partial charge on any atom is -0.395 e. The number of anilines is 3. The summed E-state index contributed by atoms with van der Waals surface area (Å²) < 4.78 is 53.3. The van der Waals surface area contributed by atoms with Crippen LogP contribution >= 0.6 is 0 Å². The van der Waals surface area contributed by atoms with E-state index in [2.05, 4.69) is 20.6 Å². The summed E-state index contributed by atoms with van der Waals surface area (Å²) >= 11 is 0. The lowest BCUT2D eigenvalue weighted by molar-refractivity contribution is -0.137. The standard InChI is InChI=1S/C16H16F4N4O/c17-11-3-1-2-10(16(18,19)20)14(11)23-13-8-12(9-4-5-9)22-15(24-13)21-6-7-25/h1-3,8-9,25H,4-7H2,(H2,21,22,23,24). The smallest absolute Gasteiger partial charge is 0.395 e. The molecule has 0 unspecified atom stereocenters. The number of rotatable bonds is 6. The fourth-order valence-corrected chi connectivity index (χ4v) is 2.38. The molecule has 9 heteroatoms. The molecule has 1 aromatic heterocycles. The lowest BCUT2D eigenvalue weighted by atomic mass is 10.1. The molecule has 3 N–H and O–H groups in total. The Morgan fingerprint density at radius 2 is 1.96 bits per heavy atom. The quantitative estimate of drug-likeness (QED) is 0.689. The third kappa shape index (κ3) is 4.16. The molecule has 1 aromatic carbocycles. The summed E-state index contributed by atoms with van der Waals surface area (Å²) in [6.07, 6.45) is -2.83. The minimum atomic E-state index is -4.70. The van der Waals surface area contributed by atoms with E-state index in [4.69, 9.17) is 5.11 Å². The Hall–Kier alpha value is -2.42. The highest BCUT2D eigenvalue weighted by molar-refractivity contribution is 5.63. The molecule has 0 atom stereocenters. The Morgan fingerprint density at radius 1 is 1.20 bits per heavy atom. The van der Waals surface area contributed by atoms with Gasteiger partial charge in [0.15, 0.2) is 0 Å². The Morgan fingerprint density at radius 3 is 2.60 bits per heavy atom. The summed E-state index contributed by atoms with van der Waals surface area (Å²) in [6.45, 7) is 0.0480. The van der Waals surface area contributed by atoms with Crippen LogP contribution in [-0.4, -0.2) is 28.2 Å². The largest absolute Gasteiger partial charge is 0.418 e. The van der Waals surface area contributed by atoms with Gasteiger partial charge in [0, 0.05) is 18.5 Å². The third-order valence-corrected chi connectivity index (χ3v) is 3.71. The molecule has 0 radical (unpaired) electrons. The molecule has 1 aliphatic rings. The lowest BCUT2D eigenvalue weighted by Crippen LogP contribution is -2.13. The Labute approximate surface area is 141 Å². The van der Waals surface area contributed by atoms with E-state index in [1.807, 2.05) is 0 Å². The highest BCUT2D eigenvalue weighted by Crippen LogP contribution is 2.41. The fraction of sp³-hybridized carbons (Fsp3) is 0.375. The Balaban J connectivity index is 1.96. The summed E-state index contributed by atoms with van der Waals surface area (Å²) in [6, 6.07) is 4.28. The Kier molecular flexibility index (Phi) is 4.76. The number of alkyl halides is 3. The van der Waals surface area contributed by atoms with Crippen molar-refractivity contribution < 1.29 is 22.7 Å². The predicted molar refractivity (Wildman–Crippen MR) is 84.3 cm³/mol. The second-order valence-electron chi connectivity index (χ2n) is 5.71. The van der Waals surface area contributed by atoms with Gasteiger partial charge in [-0.15, -0.1) is 0 Å². The third-order valence-electron chi connectivity index (χ3n) is 3.71. The van der Waals surface area contributed by atoms with Gasteiger partial charge < -0.3 is 15.7 Å². The van der Waals surface area contributed by atoms with E-state index >= 15 is 0 Å². The van der Waals surface area contributed by atoms with Gasteiger partial charge in [-0.25, -0.2) is 9.37 Å². The zero-order valence-corrected chi connectivity index (χ0v) is 13.1. The zero-order chi connectivity index (χ0) is 18.0. The second kappa shape index (κ2) is 6.83. The van der Waals surface area contributed by atoms with Crippen LogP contribution in [0.15, 0.2) is 24.3 Å². The van der Waals surface area contributed by atoms with E-state index in [1.54, 1.807) is 0 Å². The summed E-state index contributed by atoms with van der Waals surface area (Å²) in [4.78, 5) is 8.34. The van der Waals surface area contributed by atoms with Crippen LogP contribution in [0.1, 0.15) is 30.0 Å². The average Bonchev–Trinajstić information content (AvgIpc) is 3.38. The van der Waals surface area contributed by atoms with Crippen molar-refractivity contribution in [3.63, 3.8) is 0 Å². The van der Waals surface area contributed by atoms with Gasteiger partial charge >= 0.3 is 6.18 Å². The van der Waals surface area contributed by atoms with Crippen molar-refractivity contribution in [2.24, 2.45) is 0 Å². The van der Waals surface area contributed by atoms with Crippen LogP contribution in [0.2, 0.25) is 0 Å².